The van der Waals surface area contributed by atoms with Crippen molar-refractivity contribution >= 4 is 85.8 Å². The maximum Gasteiger partial charge on any atom is 0.143 e. The van der Waals surface area contributed by atoms with E-state index in [1.54, 1.807) is 0 Å². The van der Waals surface area contributed by atoms with Crippen LogP contribution < -0.4 is 0 Å². The molecule has 0 aliphatic carbocycles. The van der Waals surface area contributed by atoms with Crippen molar-refractivity contribution in [2.45, 2.75) is 0 Å². The number of hydrogen-bond donors (Lipinski definition) is 0. The molecule has 2 heterocycles. The molecule has 2 aromatic heterocycles. The molecule has 1 nitrogen and oxygen atoms in total. The Labute approximate surface area is 245 Å². The first-order chi connectivity index (χ1) is 20.8. The molecule has 0 saturated heterocycles. The lowest BCUT2D eigenvalue weighted by atomic mass is 9.83. The van der Waals surface area contributed by atoms with Crippen LogP contribution in [0.25, 0.3) is 96.7 Å². The second kappa shape index (κ2) is 8.19. The summed E-state index contributed by atoms with van der Waals surface area (Å²) in [5.41, 5.74) is 6.81. The van der Waals surface area contributed by atoms with Gasteiger partial charge in [0.05, 0.1) is 0 Å². The molecule has 0 bridgehead atoms. The Hall–Kier alpha value is -5.18. The summed E-state index contributed by atoms with van der Waals surface area (Å²) in [6.45, 7) is 0. The number of hydrogen-bond acceptors (Lipinski definition) is 2. The average Bonchev–Trinajstić information content (AvgIpc) is 3.62. The fraction of sp³-hybridized carbons (Fsp3) is 0. The highest BCUT2D eigenvalue weighted by atomic mass is 32.1. The van der Waals surface area contributed by atoms with E-state index in [0.29, 0.717) is 0 Å². The second-order valence-corrected chi connectivity index (χ2v) is 12.3. The molecule has 0 spiro atoms. The van der Waals surface area contributed by atoms with Gasteiger partial charge in [-0.1, -0.05) is 109 Å². The maximum atomic E-state index is 6.57. The molecule has 0 amide bonds. The first kappa shape index (κ1) is 22.5. The molecule has 10 aromatic rings. The van der Waals surface area contributed by atoms with Crippen molar-refractivity contribution in [2.24, 2.45) is 0 Å². The molecule has 0 radical (unpaired) electrons. The van der Waals surface area contributed by atoms with Gasteiger partial charge in [0.15, 0.2) is 0 Å². The summed E-state index contributed by atoms with van der Waals surface area (Å²) in [7, 11) is 0. The van der Waals surface area contributed by atoms with Gasteiger partial charge in [-0.2, -0.15) is 0 Å². The van der Waals surface area contributed by atoms with Crippen LogP contribution in [-0.4, -0.2) is 0 Å². The third kappa shape index (κ3) is 2.87. The predicted molar refractivity (Wildman–Crippen MR) is 181 cm³/mol. The van der Waals surface area contributed by atoms with E-state index in [-0.39, 0.29) is 0 Å². The lowest BCUT2D eigenvalue weighted by molar-refractivity contribution is 0.670. The van der Waals surface area contributed by atoms with Gasteiger partial charge in [0.25, 0.3) is 0 Å². The summed E-state index contributed by atoms with van der Waals surface area (Å²) in [5, 5.41) is 12.7. The minimum atomic E-state index is 0.923. The number of benzene rings is 8. The molecular weight excluding hydrogens is 529 g/mol. The van der Waals surface area contributed by atoms with Crippen LogP contribution in [0.15, 0.2) is 138 Å². The summed E-state index contributed by atoms with van der Waals surface area (Å²) in [6, 6.07) is 48.7. The highest BCUT2D eigenvalue weighted by Crippen LogP contribution is 2.50. The molecule has 2 heteroatoms. The zero-order valence-corrected chi connectivity index (χ0v) is 23.3. The summed E-state index contributed by atoms with van der Waals surface area (Å²) in [4.78, 5) is 0. The third-order valence-corrected chi connectivity index (χ3v) is 10.1. The quantitative estimate of drug-likeness (QED) is 0.154. The Morgan fingerprint density at radius 3 is 1.69 bits per heavy atom. The largest absolute Gasteiger partial charge is 0.455 e. The van der Waals surface area contributed by atoms with Gasteiger partial charge >= 0.3 is 0 Å². The molecule has 42 heavy (non-hydrogen) atoms. The van der Waals surface area contributed by atoms with Gasteiger partial charge in [-0.15, -0.1) is 11.3 Å². The van der Waals surface area contributed by atoms with Gasteiger partial charge in [0.2, 0.25) is 0 Å². The predicted octanol–water partition coefficient (Wildman–Crippen LogP) is 12.2. The fourth-order valence-electron chi connectivity index (χ4n) is 7.33. The van der Waals surface area contributed by atoms with E-state index < -0.39 is 0 Å². The highest BCUT2D eigenvalue weighted by Gasteiger charge is 2.22. The monoisotopic (exact) mass is 550 g/mol. The topological polar surface area (TPSA) is 13.1 Å². The van der Waals surface area contributed by atoms with Gasteiger partial charge < -0.3 is 4.42 Å². The molecule has 8 aromatic carbocycles. The molecule has 0 aliphatic rings. The molecule has 0 N–H and O–H groups in total. The SMILES string of the molecule is c1ccc2c(c1)oc1c(-c3c4ccccc4c(-c4cc5cccc6sc7cccc4c7c56)c4ccccc34)cccc12. The van der Waals surface area contributed by atoms with Crippen LogP contribution in [0.2, 0.25) is 0 Å². The van der Waals surface area contributed by atoms with E-state index >= 15 is 0 Å². The number of furan rings is 1. The lowest BCUT2D eigenvalue weighted by Gasteiger charge is -2.19. The van der Waals surface area contributed by atoms with Crippen LogP contribution in [-0.2, 0) is 0 Å². The minimum absolute atomic E-state index is 0.923. The van der Waals surface area contributed by atoms with E-state index in [9.17, 15) is 0 Å². The first-order valence-electron chi connectivity index (χ1n) is 14.4. The molecule has 0 unspecified atom stereocenters. The molecule has 0 fully saturated rings. The lowest BCUT2D eigenvalue weighted by Crippen LogP contribution is -1.92. The van der Waals surface area contributed by atoms with Gasteiger partial charge in [0.1, 0.15) is 11.2 Å². The Kier molecular flexibility index (Phi) is 4.39. The van der Waals surface area contributed by atoms with E-state index in [4.69, 9.17) is 4.42 Å². The van der Waals surface area contributed by atoms with Crippen molar-refractivity contribution in [1.29, 1.82) is 0 Å². The van der Waals surface area contributed by atoms with E-state index in [1.165, 1.54) is 69.2 Å². The van der Waals surface area contributed by atoms with Crippen molar-refractivity contribution in [2.75, 3.05) is 0 Å². The van der Waals surface area contributed by atoms with Gasteiger partial charge in [-0.25, -0.2) is 0 Å². The summed E-state index contributed by atoms with van der Waals surface area (Å²) < 4.78 is 9.28. The van der Waals surface area contributed by atoms with Crippen LogP contribution in [0.5, 0.6) is 0 Å². The standard InChI is InChI=1S/C40H22OS/c1-3-14-27-25(12-1)37(31-18-8-17-30-24-11-5-6-19-33(24)41-40(30)31)26-13-2-4-15-28(26)38(27)32-22-23-10-7-20-34-36(23)39-29(32)16-9-21-35(39)42-34/h1-22H. The molecular formula is C40H22OS. The Morgan fingerprint density at radius 2 is 0.952 bits per heavy atom. The van der Waals surface area contributed by atoms with Crippen LogP contribution in [0, 0.1) is 0 Å². The van der Waals surface area contributed by atoms with E-state index in [2.05, 4.69) is 127 Å². The van der Waals surface area contributed by atoms with Crippen LogP contribution in [0.4, 0.5) is 0 Å². The number of fused-ring (bicyclic) bond motifs is 5. The highest BCUT2D eigenvalue weighted by molar-refractivity contribution is 7.26. The molecule has 0 atom stereocenters. The van der Waals surface area contributed by atoms with Crippen molar-refractivity contribution in [3.8, 4) is 22.3 Å². The Bertz CT molecular complexity index is 2630. The van der Waals surface area contributed by atoms with Gasteiger partial charge in [0, 0.05) is 42.1 Å². The van der Waals surface area contributed by atoms with E-state index in [0.717, 1.165) is 27.5 Å². The van der Waals surface area contributed by atoms with Crippen molar-refractivity contribution in [3.63, 3.8) is 0 Å². The number of thiophene rings is 1. The van der Waals surface area contributed by atoms with Crippen LogP contribution in [0.3, 0.4) is 0 Å². The normalized spacial score (nSPS) is 12.3. The maximum absolute atomic E-state index is 6.57. The Morgan fingerprint density at radius 1 is 0.405 bits per heavy atom. The van der Waals surface area contributed by atoms with Crippen molar-refractivity contribution in [1.82, 2.24) is 0 Å². The first-order valence-corrected chi connectivity index (χ1v) is 15.2. The van der Waals surface area contributed by atoms with Crippen molar-refractivity contribution in [3.05, 3.63) is 133 Å². The van der Waals surface area contributed by atoms with Crippen LogP contribution in [0.1, 0.15) is 0 Å². The van der Waals surface area contributed by atoms with Gasteiger partial charge in [-0.3, -0.25) is 0 Å². The smallest absolute Gasteiger partial charge is 0.143 e. The molecule has 0 aliphatic heterocycles. The summed E-state index contributed by atoms with van der Waals surface area (Å²) in [6.07, 6.45) is 0. The fourth-order valence-corrected chi connectivity index (χ4v) is 8.50. The number of para-hydroxylation sites is 2. The Balaban J connectivity index is 1.40. The van der Waals surface area contributed by atoms with Crippen LogP contribution >= 0.6 is 11.3 Å². The third-order valence-electron chi connectivity index (χ3n) is 9.02. The molecule has 194 valence electrons. The number of rotatable bonds is 2. The zero-order valence-electron chi connectivity index (χ0n) is 22.5. The van der Waals surface area contributed by atoms with Crippen molar-refractivity contribution < 1.29 is 4.42 Å². The van der Waals surface area contributed by atoms with Gasteiger partial charge in [-0.05, 0) is 67.7 Å². The van der Waals surface area contributed by atoms with E-state index in [1.807, 2.05) is 17.4 Å². The molecule has 10 rings (SSSR count). The summed E-state index contributed by atoms with van der Waals surface area (Å²) >= 11 is 1.89. The molecule has 0 saturated carbocycles. The average molecular weight is 551 g/mol. The zero-order chi connectivity index (χ0) is 27.4. The minimum Gasteiger partial charge on any atom is -0.455 e. The summed E-state index contributed by atoms with van der Waals surface area (Å²) in [5.74, 6) is 0. The second-order valence-electron chi connectivity index (χ2n) is 11.2.